The van der Waals surface area contributed by atoms with Crippen molar-refractivity contribution >= 4 is 18.6 Å². The molecular weight excluding hydrogens is 240 g/mol. The van der Waals surface area contributed by atoms with Crippen LogP contribution in [0.3, 0.4) is 0 Å². The molecule has 2 unspecified atom stereocenters. The van der Waals surface area contributed by atoms with Crippen LogP contribution < -0.4 is 0 Å². The monoisotopic (exact) mass is 260 g/mol. The molecule has 0 amide bonds. The maximum absolute atomic E-state index is 11.4. The Hall–Kier alpha value is -0.260. The zero-order valence-electron chi connectivity index (χ0n) is 9.93. The summed E-state index contributed by atoms with van der Waals surface area (Å²) in [4.78, 5) is 11.4. The first-order valence-corrected chi connectivity index (χ1v) is 6.74. The molecule has 0 spiro atoms. The first-order valence-electron chi connectivity index (χ1n) is 6.29. The second kappa shape index (κ2) is 5.59. The molecule has 2 fully saturated rings. The average Bonchev–Trinajstić information content (AvgIpc) is 2.90. The molecule has 0 bridgehead atoms. The van der Waals surface area contributed by atoms with E-state index in [9.17, 15) is 9.90 Å². The number of rotatable bonds is 5. The molecular formula is C12H20O4S. The van der Waals surface area contributed by atoms with E-state index in [1.54, 1.807) is 0 Å². The minimum Gasteiger partial charge on any atom is -0.480 e. The van der Waals surface area contributed by atoms with Gasteiger partial charge in [0.05, 0.1) is 12.2 Å². The molecule has 2 heterocycles. The molecule has 98 valence electrons. The number of carbonyl (C=O) groups is 1. The van der Waals surface area contributed by atoms with E-state index in [0.717, 1.165) is 38.9 Å². The molecule has 2 aliphatic heterocycles. The molecule has 0 aromatic heterocycles. The van der Waals surface area contributed by atoms with E-state index in [4.69, 9.17) is 9.47 Å². The van der Waals surface area contributed by atoms with E-state index in [1.165, 1.54) is 0 Å². The Kier molecular flexibility index (Phi) is 4.33. The van der Waals surface area contributed by atoms with Crippen LogP contribution in [-0.2, 0) is 14.3 Å². The van der Waals surface area contributed by atoms with Crippen LogP contribution in [-0.4, -0.2) is 41.2 Å². The van der Waals surface area contributed by atoms with Crippen molar-refractivity contribution in [2.45, 2.75) is 55.5 Å². The van der Waals surface area contributed by atoms with Crippen molar-refractivity contribution in [3.63, 3.8) is 0 Å². The number of thiol groups is 1. The molecule has 1 N–H and O–H groups in total. The van der Waals surface area contributed by atoms with E-state index < -0.39 is 10.7 Å². The lowest BCUT2D eigenvalue weighted by atomic mass is 9.92. The molecule has 0 aliphatic carbocycles. The van der Waals surface area contributed by atoms with Crippen LogP contribution in [0, 0.1) is 0 Å². The summed E-state index contributed by atoms with van der Waals surface area (Å²) in [6, 6.07) is 0. The summed E-state index contributed by atoms with van der Waals surface area (Å²) in [7, 11) is 0. The molecule has 5 heteroatoms. The summed E-state index contributed by atoms with van der Waals surface area (Å²) in [5.74, 6) is -0.855. The number of hydrogen-bond donors (Lipinski definition) is 2. The number of ether oxygens (including phenoxy) is 2. The van der Waals surface area contributed by atoms with Crippen LogP contribution in [0.1, 0.15) is 38.5 Å². The van der Waals surface area contributed by atoms with Gasteiger partial charge in [-0.1, -0.05) is 0 Å². The van der Waals surface area contributed by atoms with Gasteiger partial charge in [-0.05, 0) is 38.5 Å². The zero-order chi connectivity index (χ0) is 12.3. The van der Waals surface area contributed by atoms with Gasteiger partial charge in [0, 0.05) is 13.2 Å². The molecule has 2 rings (SSSR count). The first-order chi connectivity index (χ1) is 8.10. The first kappa shape index (κ1) is 13.2. The van der Waals surface area contributed by atoms with Gasteiger partial charge in [-0.15, -0.1) is 0 Å². The highest BCUT2D eigenvalue weighted by molar-refractivity contribution is 7.82. The summed E-state index contributed by atoms with van der Waals surface area (Å²) >= 11 is 4.40. The predicted molar refractivity (Wildman–Crippen MR) is 66.5 cm³/mol. The van der Waals surface area contributed by atoms with Crippen molar-refractivity contribution in [2.24, 2.45) is 0 Å². The van der Waals surface area contributed by atoms with Crippen LogP contribution in [0.25, 0.3) is 0 Å². The summed E-state index contributed by atoms with van der Waals surface area (Å²) in [6.07, 6.45) is 4.98. The van der Waals surface area contributed by atoms with E-state index in [1.807, 2.05) is 0 Å². The highest BCUT2D eigenvalue weighted by Crippen LogP contribution is 2.34. The van der Waals surface area contributed by atoms with Crippen molar-refractivity contribution in [1.82, 2.24) is 0 Å². The maximum atomic E-state index is 11.4. The van der Waals surface area contributed by atoms with E-state index in [2.05, 4.69) is 12.6 Å². The average molecular weight is 260 g/mol. The fourth-order valence-electron chi connectivity index (χ4n) is 2.62. The molecule has 2 saturated heterocycles. The van der Waals surface area contributed by atoms with Gasteiger partial charge >= 0.3 is 5.97 Å². The molecule has 4 nitrogen and oxygen atoms in total. The van der Waals surface area contributed by atoms with Gasteiger partial charge in [-0.3, -0.25) is 4.79 Å². The molecule has 17 heavy (non-hydrogen) atoms. The zero-order valence-corrected chi connectivity index (χ0v) is 10.8. The Morgan fingerprint density at radius 3 is 1.94 bits per heavy atom. The lowest BCUT2D eigenvalue weighted by Crippen LogP contribution is -2.39. The Morgan fingerprint density at radius 2 is 1.65 bits per heavy atom. The summed E-state index contributed by atoms with van der Waals surface area (Å²) < 4.78 is 10.0. The number of carboxylic acid groups (broad SMARTS) is 1. The lowest BCUT2D eigenvalue weighted by Gasteiger charge is -2.28. The van der Waals surface area contributed by atoms with Crippen LogP contribution >= 0.6 is 12.6 Å². The second-order valence-electron chi connectivity index (χ2n) is 5.02. The lowest BCUT2D eigenvalue weighted by molar-refractivity contribution is -0.142. The third kappa shape index (κ3) is 3.36. The summed E-state index contributed by atoms with van der Waals surface area (Å²) in [5, 5.41) is 9.37. The quantitative estimate of drug-likeness (QED) is 0.741. The van der Waals surface area contributed by atoms with Gasteiger partial charge in [-0.25, -0.2) is 0 Å². The van der Waals surface area contributed by atoms with Crippen molar-refractivity contribution in [3.8, 4) is 0 Å². The number of aliphatic carboxylic acids is 1. The molecule has 2 aliphatic rings. The standard InChI is InChI=1S/C12H20O4S/c13-11(14)12(17,7-9-3-1-5-15-9)8-10-4-2-6-16-10/h9-10,17H,1-8H2,(H,13,14). The molecule has 0 aromatic rings. The van der Waals surface area contributed by atoms with E-state index >= 15 is 0 Å². The van der Waals surface area contributed by atoms with Crippen LogP contribution in [0.15, 0.2) is 0 Å². The Labute approximate surface area is 107 Å². The molecule has 0 aromatic carbocycles. The minimum atomic E-state index is -1.01. The second-order valence-corrected chi connectivity index (χ2v) is 5.87. The predicted octanol–water partition coefficient (Wildman–Crippen LogP) is 1.88. The van der Waals surface area contributed by atoms with Gasteiger partial charge in [0.1, 0.15) is 4.75 Å². The fraction of sp³-hybridized carbons (Fsp3) is 0.917. The fourth-order valence-corrected chi connectivity index (χ4v) is 3.03. The third-order valence-electron chi connectivity index (χ3n) is 3.58. The van der Waals surface area contributed by atoms with Crippen molar-refractivity contribution in [3.05, 3.63) is 0 Å². The number of carboxylic acids is 1. The van der Waals surface area contributed by atoms with Gasteiger partial charge in [-0.2, -0.15) is 12.6 Å². The van der Waals surface area contributed by atoms with Crippen LogP contribution in [0.4, 0.5) is 0 Å². The van der Waals surface area contributed by atoms with Crippen molar-refractivity contribution in [1.29, 1.82) is 0 Å². The largest absolute Gasteiger partial charge is 0.480 e. The van der Waals surface area contributed by atoms with Gasteiger partial charge < -0.3 is 14.6 Å². The highest BCUT2D eigenvalue weighted by Gasteiger charge is 2.41. The van der Waals surface area contributed by atoms with E-state index in [-0.39, 0.29) is 12.2 Å². The van der Waals surface area contributed by atoms with Crippen molar-refractivity contribution in [2.75, 3.05) is 13.2 Å². The number of hydrogen-bond acceptors (Lipinski definition) is 4. The Bertz CT molecular complexity index is 252. The van der Waals surface area contributed by atoms with Crippen LogP contribution in [0.2, 0.25) is 0 Å². The highest BCUT2D eigenvalue weighted by atomic mass is 32.1. The van der Waals surface area contributed by atoms with Gasteiger partial charge in [0.15, 0.2) is 0 Å². The molecule has 0 radical (unpaired) electrons. The van der Waals surface area contributed by atoms with Crippen LogP contribution in [0.5, 0.6) is 0 Å². The third-order valence-corrected chi connectivity index (χ3v) is 4.13. The Balaban J connectivity index is 1.94. The summed E-state index contributed by atoms with van der Waals surface area (Å²) in [5.41, 5.74) is 0. The van der Waals surface area contributed by atoms with Gasteiger partial charge in [0.2, 0.25) is 0 Å². The Morgan fingerprint density at radius 1 is 1.18 bits per heavy atom. The summed E-state index contributed by atoms with van der Waals surface area (Å²) in [6.45, 7) is 1.49. The SMILES string of the molecule is O=C(O)C(S)(CC1CCCO1)CC1CCCO1. The topological polar surface area (TPSA) is 55.8 Å². The minimum absolute atomic E-state index is 0.0463. The normalized spacial score (nSPS) is 32.5. The molecule has 2 atom stereocenters. The van der Waals surface area contributed by atoms with E-state index in [0.29, 0.717) is 12.8 Å². The van der Waals surface area contributed by atoms with Gasteiger partial charge in [0.25, 0.3) is 0 Å². The molecule has 0 saturated carbocycles. The van der Waals surface area contributed by atoms with Crippen molar-refractivity contribution < 1.29 is 19.4 Å². The maximum Gasteiger partial charge on any atom is 0.319 e. The smallest absolute Gasteiger partial charge is 0.319 e.